The van der Waals surface area contributed by atoms with Gasteiger partial charge in [0.05, 0.1) is 6.33 Å². The summed E-state index contributed by atoms with van der Waals surface area (Å²) in [7, 11) is 1.90. The largest absolute Gasteiger partial charge is 0.423 e. The van der Waals surface area contributed by atoms with Crippen molar-refractivity contribution in [2.75, 3.05) is 5.32 Å². The van der Waals surface area contributed by atoms with Crippen LogP contribution in [-0.4, -0.2) is 14.5 Å². The highest BCUT2D eigenvalue weighted by Crippen LogP contribution is 2.26. The van der Waals surface area contributed by atoms with Crippen LogP contribution in [0.15, 0.2) is 29.1 Å². The topological polar surface area (TPSA) is 55.9 Å². The molecule has 2 heterocycles. The van der Waals surface area contributed by atoms with Gasteiger partial charge in [0.2, 0.25) is 0 Å². The average Bonchev–Trinajstić information content (AvgIpc) is 2.86. The summed E-state index contributed by atoms with van der Waals surface area (Å²) in [5.41, 5.74) is 2.40. The lowest BCUT2D eigenvalue weighted by atomic mass is 10.2. The number of aryl methyl sites for hydroxylation is 2. The highest BCUT2D eigenvalue weighted by molar-refractivity contribution is 6.32. The molecule has 3 aromatic rings. The van der Waals surface area contributed by atoms with Crippen molar-refractivity contribution in [2.24, 2.45) is 7.05 Å². The van der Waals surface area contributed by atoms with Crippen LogP contribution in [0.2, 0.25) is 5.02 Å². The number of fused-ring (bicyclic) bond motifs is 1. The molecule has 0 unspecified atom stereocenters. The van der Waals surface area contributed by atoms with E-state index in [9.17, 15) is 0 Å². The first-order chi connectivity index (χ1) is 8.61. The second-order valence-corrected chi connectivity index (χ2v) is 4.54. The van der Waals surface area contributed by atoms with Gasteiger partial charge in [-0.1, -0.05) is 11.6 Å². The van der Waals surface area contributed by atoms with Crippen molar-refractivity contribution in [3.63, 3.8) is 0 Å². The van der Waals surface area contributed by atoms with Gasteiger partial charge in [-0.05, 0) is 18.6 Å². The molecule has 0 amide bonds. The van der Waals surface area contributed by atoms with Gasteiger partial charge in [-0.25, -0.2) is 4.98 Å². The number of nitrogens with one attached hydrogen (secondary N) is 1. The van der Waals surface area contributed by atoms with Crippen LogP contribution in [0.5, 0.6) is 0 Å². The van der Waals surface area contributed by atoms with Crippen LogP contribution in [0.25, 0.3) is 11.1 Å². The second kappa shape index (κ2) is 4.03. The van der Waals surface area contributed by atoms with Gasteiger partial charge in [0.25, 0.3) is 0 Å². The molecule has 0 atom stereocenters. The number of hydrogen-bond acceptors (Lipinski definition) is 4. The van der Waals surface area contributed by atoms with Gasteiger partial charge in [0.15, 0.2) is 11.4 Å². The minimum atomic E-state index is 0.408. The Bertz CT molecular complexity index is 677. The molecule has 0 aliphatic rings. The van der Waals surface area contributed by atoms with Crippen LogP contribution in [-0.2, 0) is 7.05 Å². The number of nitrogens with zero attached hydrogens (tertiary/aromatic N) is 3. The number of anilines is 2. The first-order valence-electron chi connectivity index (χ1n) is 5.43. The van der Waals surface area contributed by atoms with Gasteiger partial charge >= 0.3 is 6.01 Å². The molecule has 2 aromatic heterocycles. The maximum absolute atomic E-state index is 6.04. The summed E-state index contributed by atoms with van der Waals surface area (Å²) in [5, 5.41) is 3.67. The van der Waals surface area contributed by atoms with Crippen LogP contribution >= 0.6 is 11.6 Å². The third-order valence-corrected chi connectivity index (χ3v) is 3.02. The highest BCUT2D eigenvalue weighted by atomic mass is 35.5. The quantitative estimate of drug-likeness (QED) is 0.770. The fourth-order valence-corrected chi connectivity index (χ4v) is 1.85. The molecule has 6 heteroatoms. The SMILES string of the molecule is Cc1cc2nc(Nc3cn(C)cn3)oc2cc1Cl. The van der Waals surface area contributed by atoms with E-state index in [-0.39, 0.29) is 0 Å². The molecule has 1 N–H and O–H groups in total. The molecule has 0 saturated heterocycles. The van der Waals surface area contributed by atoms with Gasteiger partial charge in [-0.15, -0.1) is 0 Å². The Hall–Kier alpha value is -2.01. The Morgan fingerprint density at radius 2 is 2.22 bits per heavy atom. The fraction of sp³-hybridized carbons (Fsp3) is 0.167. The van der Waals surface area contributed by atoms with Gasteiger partial charge in [-0.2, -0.15) is 4.98 Å². The zero-order valence-electron chi connectivity index (χ0n) is 9.94. The molecular formula is C12H11ClN4O. The van der Waals surface area contributed by atoms with Crippen molar-refractivity contribution in [1.82, 2.24) is 14.5 Å². The lowest BCUT2D eigenvalue weighted by molar-refractivity contribution is 0.622. The van der Waals surface area contributed by atoms with Crippen LogP contribution in [0.1, 0.15) is 5.56 Å². The van der Waals surface area contributed by atoms with Crippen molar-refractivity contribution >= 4 is 34.5 Å². The molecule has 0 spiro atoms. The van der Waals surface area contributed by atoms with E-state index in [0.29, 0.717) is 22.4 Å². The van der Waals surface area contributed by atoms with Crippen LogP contribution in [0.4, 0.5) is 11.8 Å². The van der Waals surface area contributed by atoms with E-state index in [2.05, 4.69) is 15.3 Å². The van der Waals surface area contributed by atoms with E-state index in [0.717, 1.165) is 11.1 Å². The Kier molecular flexibility index (Phi) is 2.48. The van der Waals surface area contributed by atoms with Crippen LogP contribution in [0.3, 0.4) is 0 Å². The number of imidazole rings is 1. The molecule has 0 bridgehead atoms. The minimum absolute atomic E-state index is 0.408. The lowest BCUT2D eigenvalue weighted by Gasteiger charge is -1.94. The summed E-state index contributed by atoms with van der Waals surface area (Å²) in [6.45, 7) is 1.93. The van der Waals surface area contributed by atoms with E-state index in [1.807, 2.05) is 30.8 Å². The molecule has 0 saturated carbocycles. The predicted molar refractivity (Wildman–Crippen MR) is 70.2 cm³/mol. The Morgan fingerprint density at radius 3 is 2.94 bits per heavy atom. The minimum Gasteiger partial charge on any atom is -0.423 e. The molecule has 0 aliphatic heterocycles. The third-order valence-electron chi connectivity index (χ3n) is 2.61. The lowest BCUT2D eigenvalue weighted by Crippen LogP contribution is -1.89. The first kappa shape index (κ1) is 11.1. The number of halogens is 1. The molecule has 1 aromatic carbocycles. The van der Waals surface area contributed by atoms with Gasteiger partial charge < -0.3 is 8.98 Å². The van der Waals surface area contributed by atoms with E-state index >= 15 is 0 Å². The Balaban J connectivity index is 1.98. The molecule has 3 rings (SSSR count). The Morgan fingerprint density at radius 1 is 1.39 bits per heavy atom. The normalized spacial score (nSPS) is 11.1. The van der Waals surface area contributed by atoms with E-state index in [4.69, 9.17) is 16.0 Å². The van der Waals surface area contributed by atoms with Crippen LogP contribution < -0.4 is 5.32 Å². The maximum atomic E-state index is 6.04. The molecule has 18 heavy (non-hydrogen) atoms. The molecule has 0 fully saturated rings. The van der Waals surface area contributed by atoms with Gasteiger partial charge in [0.1, 0.15) is 5.52 Å². The zero-order chi connectivity index (χ0) is 12.7. The molecule has 0 aliphatic carbocycles. The standard InChI is InChI=1S/C12H11ClN4O/c1-7-3-9-10(4-8(7)13)18-12(15-9)16-11-5-17(2)6-14-11/h3-6H,1-2H3,(H,15,16). The Labute approximate surface area is 108 Å². The second-order valence-electron chi connectivity index (χ2n) is 4.14. The molecular weight excluding hydrogens is 252 g/mol. The average molecular weight is 263 g/mol. The van der Waals surface area contributed by atoms with Crippen molar-refractivity contribution in [3.05, 3.63) is 35.2 Å². The molecule has 92 valence electrons. The van der Waals surface area contributed by atoms with E-state index in [1.165, 1.54) is 0 Å². The number of oxazole rings is 1. The predicted octanol–water partition coefficient (Wildman–Crippen LogP) is 3.27. The summed E-state index contributed by atoms with van der Waals surface area (Å²) in [6.07, 6.45) is 3.54. The van der Waals surface area contributed by atoms with Crippen molar-refractivity contribution in [3.8, 4) is 0 Å². The van der Waals surface area contributed by atoms with Crippen molar-refractivity contribution < 1.29 is 4.42 Å². The molecule has 5 nitrogen and oxygen atoms in total. The van der Waals surface area contributed by atoms with Crippen LogP contribution in [0, 0.1) is 6.92 Å². The number of benzene rings is 1. The van der Waals surface area contributed by atoms with Gasteiger partial charge in [-0.3, -0.25) is 5.32 Å². The fourth-order valence-electron chi connectivity index (χ4n) is 1.69. The van der Waals surface area contributed by atoms with E-state index < -0.39 is 0 Å². The monoisotopic (exact) mass is 262 g/mol. The van der Waals surface area contributed by atoms with Gasteiger partial charge in [0, 0.05) is 24.3 Å². The number of rotatable bonds is 2. The van der Waals surface area contributed by atoms with Crippen molar-refractivity contribution in [2.45, 2.75) is 6.92 Å². The van der Waals surface area contributed by atoms with E-state index in [1.54, 1.807) is 12.4 Å². The summed E-state index contributed by atoms with van der Waals surface area (Å²) >= 11 is 6.04. The maximum Gasteiger partial charge on any atom is 0.301 e. The summed E-state index contributed by atoms with van der Waals surface area (Å²) < 4.78 is 7.40. The smallest absolute Gasteiger partial charge is 0.301 e. The first-order valence-corrected chi connectivity index (χ1v) is 5.81. The third kappa shape index (κ3) is 1.93. The number of aromatic nitrogens is 3. The highest BCUT2D eigenvalue weighted by Gasteiger charge is 2.09. The summed E-state index contributed by atoms with van der Waals surface area (Å²) in [6, 6.07) is 4.07. The summed E-state index contributed by atoms with van der Waals surface area (Å²) in [4.78, 5) is 8.48. The number of hydrogen-bond donors (Lipinski definition) is 1. The molecule has 0 radical (unpaired) electrons. The zero-order valence-corrected chi connectivity index (χ0v) is 10.7. The summed E-state index contributed by atoms with van der Waals surface area (Å²) in [5.74, 6) is 0.687. The van der Waals surface area contributed by atoms with Crippen molar-refractivity contribution in [1.29, 1.82) is 0 Å².